The molecule has 0 fully saturated rings. The van der Waals surface area contributed by atoms with E-state index in [9.17, 15) is 8.42 Å². The minimum Gasteiger partial charge on any atom is -0.394 e. The third kappa shape index (κ3) is 9.31. The normalized spacial score (nSPS) is 16.0. The van der Waals surface area contributed by atoms with Crippen molar-refractivity contribution in [1.29, 1.82) is 0 Å². The van der Waals surface area contributed by atoms with Crippen LogP contribution in [0.1, 0.15) is 13.8 Å². The minimum absolute atomic E-state index is 0.0168. The highest BCUT2D eigenvalue weighted by molar-refractivity contribution is 7.88. The molecule has 116 valence electrons. The summed E-state index contributed by atoms with van der Waals surface area (Å²) in [5, 5.41) is 17.8. The lowest BCUT2D eigenvalue weighted by molar-refractivity contribution is -0.0685. The van der Waals surface area contributed by atoms with Crippen molar-refractivity contribution in [1.82, 2.24) is 4.31 Å². The second kappa shape index (κ2) is 8.83. The molecule has 0 unspecified atom stereocenters. The quantitative estimate of drug-likeness (QED) is 0.539. The molecule has 19 heavy (non-hydrogen) atoms. The van der Waals surface area contributed by atoms with Crippen molar-refractivity contribution < 1.29 is 28.1 Å². The summed E-state index contributed by atoms with van der Waals surface area (Å²) in [6.07, 6.45) is -0.308. The number of nitrogens with zero attached hydrogens (tertiary/aromatic N) is 1. The number of hydrogen-bond acceptors (Lipinski definition) is 6. The van der Waals surface area contributed by atoms with Crippen molar-refractivity contribution in [2.24, 2.45) is 0 Å². The van der Waals surface area contributed by atoms with Crippen molar-refractivity contribution in [3.8, 4) is 0 Å². The predicted molar refractivity (Wildman–Crippen MR) is 71.4 cm³/mol. The van der Waals surface area contributed by atoms with E-state index in [0.29, 0.717) is 0 Å². The first kappa shape index (κ1) is 18.8. The van der Waals surface area contributed by atoms with Crippen LogP contribution >= 0.6 is 0 Å². The summed E-state index contributed by atoms with van der Waals surface area (Å²) in [4.78, 5) is 0. The van der Waals surface area contributed by atoms with E-state index in [2.05, 4.69) is 0 Å². The molecule has 0 aliphatic carbocycles. The van der Waals surface area contributed by atoms with Crippen LogP contribution in [-0.4, -0.2) is 80.9 Å². The van der Waals surface area contributed by atoms with Crippen LogP contribution in [-0.2, 0) is 19.5 Å². The minimum atomic E-state index is -3.27. The first-order valence-corrected chi connectivity index (χ1v) is 7.95. The lowest BCUT2D eigenvalue weighted by atomic mass is 10.3. The summed E-state index contributed by atoms with van der Waals surface area (Å²) >= 11 is 0. The number of aliphatic hydroxyl groups excluding tert-OH is 2. The molecule has 0 saturated heterocycles. The molecule has 8 heteroatoms. The van der Waals surface area contributed by atoms with E-state index >= 15 is 0 Å². The molecule has 0 aromatic rings. The summed E-state index contributed by atoms with van der Waals surface area (Å²) in [5.74, 6) is 0. The average molecular weight is 299 g/mol. The fourth-order valence-electron chi connectivity index (χ4n) is 1.33. The van der Waals surface area contributed by atoms with E-state index in [1.54, 1.807) is 0 Å². The van der Waals surface area contributed by atoms with Gasteiger partial charge in [-0.25, -0.2) is 12.7 Å². The maximum Gasteiger partial charge on any atom is 0.211 e. The number of sulfonamides is 1. The Bertz CT molecular complexity index is 332. The largest absolute Gasteiger partial charge is 0.394 e. The van der Waals surface area contributed by atoms with Gasteiger partial charge in [0.15, 0.2) is 0 Å². The first-order chi connectivity index (χ1) is 8.66. The fourth-order valence-corrected chi connectivity index (χ4v) is 1.77. The van der Waals surface area contributed by atoms with Crippen LogP contribution in [0.3, 0.4) is 0 Å². The summed E-state index contributed by atoms with van der Waals surface area (Å²) in [5.41, 5.74) is 0. The Morgan fingerprint density at radius 1 is 1.26 bits per heavy atom. The Morgan fingerprint density at radius 2 is 1.84 bits per heavy atom. The highest BCUT2D eigenvalue weighted by atomic mass is 32.2. The molecular weight excluding hydrogens is 274 g/mol. The fraction of sp³-hybridized carbons (Fsp3) is 1.00. The van der Waals surface area contributed by atoms with Crippen molar-refractivity contribution in [2.75, 3.05) is 39.7 Å². The van der Waals surface area contributed by atoms with E-state index < -0.39 is 22.2 Å². The third-order valence-electron chi connectivity index (χ3n) is 2.32. The zero-order valence-electron chi connectivity index (χ0n) is 11.9. The van der Waals surface area contributed by atoms with Crippen molar-refractivity contribution >= 4 is 10.0 Å². The third-order valence-corrected chi connectivity index (χ3v) is 3.60. The molecule has 0 radical (unpaired) electrons. The SMILES string of the molecule is CC(C)O[C@H](COC[C@H](O)CO)CN(C)S(C)(=O)=O. The molecule has 0 heterocycles. The maximum absolute atomic E-state index is 11.3. The molecule has 0 bridgehead atoms. The van der Waals surface area contributed by atoms with Crippen LogP contribution in [0, 0.1) is 0 Å². The summed E-state index contributed by atoms with van der Waals surface area (Å²) in [7, 11) is -1.80. The Balaban J connectivity index is 4.31. The topological polar surface area (TPSA) is 96.3 Å². The Morgan fingerprint density at radius 3 is 2.26 bits per heavy atom. The molecule has 7 nitrogen and oxygen atoms in total. The van der Waals surface area contributed by atoms with Gasteiger partial charge in [-0.1, -0.05) is 0 Å². The van der Waals surface area contributed by atoms with E-state index in [-0.39, 0.29) is 32.5 Å². The van der Waals surface area contributed by atoms with Crippen LogP contribution in [0.2, 0.25) is 0 Å². The number of aliphatic hydroxyl groups is 2. The standard InChI is InChI=1S/C11H25NO6S/c1-9(2)18-11(5-12(3)19(4,15)16)8-17-7-10(14)6-13/h9-11,13-14H,5-8H2,1-4H3/t10-,11+/m1/s1. The average Bonchev–Trinajstić information content (AvgIpc) is 2.26. The second-order valence-corrected chi connectivity index (χ2v) is 6.81. The van der Waals surface area contributed by atoms with Gasteiger partial charge < -0.3 is 19.7 Å². The van der Waals surface area contributed by atoms with Crippen LogP contribution < -0.4 is 0 Å². The molecule has 0 aliphatic rings. The molecule has 0 aliphatic heterocycles. The van der Waals surface area contributed by atoms with Crippen molar-refractivity contribution in [2.45, 2.75) is 32.2 Å². The van der Waals surface area contributed by atoms with Crippen molar-refractivity contribution in [3.05, 3.63) is 0 Å². The van der Waals surface area contributed by atoms with Gasteiger partial charge in [-0.3, -0.25) is 0 Å². The maximum atomic E-state index is 11.3. The van der Waals surface area contributed by atoms with E-state index in [1.165, 1.54) is 11.4 Å². The van der Waals surface area contributed by atoms with Crippen LogP contribution in [0.5, 0.6) is 0 Å². The molecule has 2 N–H and O–H groups in total. The van der Waals surface area contributed by atoms with Gasteiger partial charge in [0.05, 0.1) is 38.3 Å². The molecule has 0 aromatic carbocycles. The van der Waals surface area contributed by atoms with Crippen LogP contribution in [0.15, 0.2) is 0 Å². The van der Waals surface area contributed by atoms with E-state index in [0.717, 1.165) is 6.26 Å². The lowest BCUT2D eigenvalue weighted by Crippen LogP contribution is -2.39. The molecule has 0 rings (SSSR count). The van der Waals surface area contributed by atoms with Gasteiger partial charge in [-0.2, -0.15) is 0 Å². The number of likely N-dealkylation sites (N-methyl/N-ethyl adjacent to an activating group) is 1. The number of ether oxygens (including phenoxy) is 2. The highest BCUT2D eigenvalue weighted by Gasteiger charge is 2.20. The van der Waals surface area contributed by atoms with Gasteiger partial charge in [0, 0.05) is 13.6 Å². The molecular formula is C11H25NO6S. The first-order valence-electron chi connectivity index (χ1n) is 6.10. The van der Waals surface area contributed by atoms with Gasteiger partial charge in [-0.05, 0) is 13.8 Å². The lowest BCUT2D eigenvalue weighted by Gasteiger charge is -2.25. The number of rotatable bonds is 10. The predicted octanol–water partition coefficient (Wildman–Crippen LogP) is -0.959. The van der Waals surface area contributed by atoms with Gasteiger partial charge >= 0.3 is 0 Å². The zero-order valence-corrected chi connectivity index (χ0v) is 12.8. The Kier molecular flexibility index (Phi) is 8.71. The van der Waals surface area contributed by atoms with Gasteiger partial charge in [0.25, 0.3) is 0 Å². The zero-order chi connectivity index (χ0) is 15.1. The van der Waals surface area contributed by atoms with Gasteiger partial charge in [-0.15, -0.1) is 0 Å². The summed E-state index contributed by atoms with van der Waals surface area (Å²) in [6.45, 7) is 3.61. The highest BCUT2D eigenvalue weighted by Crippen LogP contribution is 2.04. The molecule has 0 spiro atoms. The Hall–Kier alpha value is -0.250. The van der Waals surface area contributed by atoms with Crippen molar-refractivity contribution in [3.63, 3.8) is 0 Å². The molecule has 0 amide bonds. The summed E-state index contributed by atoms with van der Waals surface area (Å²) in [6, 6.07) is 0. The van der Waals surface area contributed by atoms with Crippen LogP contribution in [0.4, 0.5) is 0 Å². The molecule has 2 atom stereocenters. The summed E-state index contributed by atoms with van der Waals surface area (Å²) < 4.78 is 34.6. The Labute approximate surface area is 115 Å². The smallest absolute Gasteiger partial charge is 0.211 e. The molecule has 0 saturated carbocycles. The second-order valence-electron chi connectivity index (χ2n) is 4.72. The monoisotopic (exact) mass is 299 g/mol. The molecule has 0 aromatic heterocycles. The van der Waals surface area contributed by atoms with E-state index in [4.69, 9.17) is 19.7 Å². The number of hydrogen-bond donors (Lipinski definition) is 2. The van der Waals surface area contributed by atoms with Gasteiger partial charge in [0.1, 0.15) is 6.10 Å². The van der Waals surface area contributed by atoms with Crippen LogP contribution in [0.25, 0.3) is 0 Å². The van der Waals surface area contributed by atoms with E-state index in [1.807, 2.05) is 13.8 Å². The van der Waals surface area contributed by atoms with Gasteiger partial charge in [0.2, 0.25) is 10.0 Å².